The Labute approximate surface area is 126 Å². The van der Waals surface area contributed by atoms with Gasteiger partial charge in [-0.25, -0.2) is 4.98 Å². The highest BCUT2D eigenvalue weighted by atomic mass is 32.1. The lowest BCUT2D eigenvalue weighted by atomic mass is 10.1. The van der Waals surface area contributed by atoms with Gasteiger partial charge in [0.2, 0.25) is 0 Å². The van der Waals surface area contributed by atoms with Gasteiger partial charge in [-0.1, -0.05) is 13.3 Å². The van der Waals surface area contributed by atoms with E-state index < -0.39 is 0 Å². The monoisotopic (exact) mass is 294 g/mol. The van der Waals surface area contributed by atoms with Crippen LogP contribution >= 0.6 is 11.3 Å². The summed E-state index contributed by atoms with van der Waals surface area (Å²) in [4.78, 5) is 11.6. The first-order valence-corrected chi connectivity index (χ1v) is 8.71. The molecule has 2 aliphatic heterocycles. The van der Waals surface area contributed by atoms with Crippen molar-refractivity contribution in [2.24, 2.45) is 0 Å². The molecule has 4 nitrogen and oxygen atoms in total. The molecule has 1 atom stereocenters. The molecule has 0 radical (unpaired) electrons. The van der Waals surface area contributed by atoms with Gasteiger partial charge in [0.15, 0.2) is 0 Å². The second kappa shape index (κ2) is 6.52. The van der Waals surface area contributed by atoms with E-state index in [9.17, 15) is 0 Å². The van der Waals surface area contributed by atoms with E-state index in [0.717, 1.165) is 45.7 Å². The minimum Gasteiger partial charge on any atom is -0.314 e. The summed E-state index contributed by atoms with van der Waals surface area (Å²) in [5.41, 5.74) is 1.37. The van der Waals surface area contributed by atoms with Crippen molar-refractivity contribution >= 4 is 11.3 Å². The first-order valence-electron chi connectivity index (χ1n) is 7.89. The van der Waals surface area contributed by atoms with Crippen LogP contribution in [-0.4, -0.2) is 54.6 Å². The van der Waals surface area contributed by atoms with Crippen molar-refractivity contribution in [3.63, 3.8) is 0 Å². The molecule has 1 fully saturated rings. The van der Waals surface area contributed by atoms with Crippen LogP contribution in [0.2, 0.25) is 0 Å². The van der Waals surface area contributed by atoms with Gasteiger partial charge in [-0.3, -0.25) is 4.90 Å². The number of rotatable bonds is 4. The van der Waals surface area contributed by atoms with Crippen LogP contribution in [0.25, 0.3) is 0 Å². The summed E-state index contributed by atoms with van der Waals surface area (Å²) < 4.78 is 0. The number of aromatic nitrogens is 1. The fraction of sp³-hybridized carbons (Fsp3) is 0.800. The zero-order chi connectivity index (χ0) is 13.9. The third-order valence-electron chi connectivity index (χ3n) is 4.38. The van der Waals surface area contributed by atoms with Crippen molar-refractivity contribution in [1.29, 1.82) is 0 Å². The first-order chi connectivity index (χ1) is 9.78. The van der Waals surface area contributed by atoms with E-state index in [0.29, 0.717) is 6.04 Å². The van der Waals surface area contributed by atoms with Crippen molar-refractivity contribution in [3.8, 4) is 0 Å². The summed E-state index contributed by atoms with van der Waals surface area (Å²) in [7, 11) is 2.21. The van der Waals surface area contributed by atoms with Gasteiger partial charge >= 0.3 is 0 Å². The van der Waals surface area contributed by atoms with Crippen molar-refractivity contribution < 1.29 is 0 Å². The Balaban J connectivity index is 1.80. The Morgan fingerprint density at radius 3 is 2.85 bits per heavy atom. The van der Waals surface area contributed by atoms with Gasteiger partial charge < -0.3 is 10.2 Å². The van der Waals surface area contributed by atoms with Crippen LogP contribution in [0.5, 0.6) is 0 Å². The van der Waals surface area contributed by atoms with Crippen LogP contribution in [0.4, 0.5) is 0 Å². The van der Waals surface area contributed by atoms with E-state index in [4.69, 9.17) is 4.98 Å². The zero-order valence-corrected chi connectivity index (χ0v) is 13.5. The number of fused-ring (bicyclic) bond motifs is 1. The minimum absolute atomic E-state index is 0.544. The predicted molar refractivity (Wildman–Crippen MR) is 84.2 cm³/mol. The SMILES string of the molecule is CCCC(c1nc2c(s1)CN(C)CC2)N1CCNCC1. The summed E-state index contributed by atoms with van der Waals surface area (Å²) >= 11 is 1.97. The summed E-state index contributed by atoms with van der Waals surface area (Å²) in [6.45, 7) is 9.10. The lowest BCUT2D eigenvalue weighted by Gasteiger charge is -2.33. The molecule has 112 valence electrons. The average molecular weight is 294 g/mol. The van der Waals surface area contributed by atoms with Gasteiger partial charge in [0, 0.05) is 50.6 Å². The second-order valence-electron chi connectivity index (χ2n) is 6.00. The molecule has 1 saturated heterocycles. The van der Waals surface area contributed by atoms with Crippen LogP contribution in [0.3, 0.4) is 0 Å². The van der Waals surface area contributed by atoms with Gasteiger partial charge in [-0.05, 0) is 13.5 Å². The predicted octanol–water partition coefficient (Wildman–Crippen LogP) is 1.88. The maximum absolute atomic E-state index is 5.01. The molecule has 2 aliphatic rings. The maximum atomic E-state index is 5.01. The third kappa shape index (κ3) is 3.06. The van der Waals surface area contributed by atoms with E-state index in [1.165, 1.54) is 28.4 Å². The van der Waals surface area contributed by atoms with E-state index >= 15 is 0 Å². The maximum Gasteiger partial charge on any atom is 0.110 e. The molecule has 0 bridgehead atoms. The molecular formula is C15H26N4S. The quantitative estimate of drug-likeness (QED) is 0.919. The molecule has 0 aliphatic carbocycles. The summed E-state index contributed by atoms with van der Waals surface area (Å²) in [6.07, 6.45) is 3.60. The third-order valence-corrected chi connectivity index (χ3v) is 5.56. The van der Waals surface area contributed by atoms with Crippen LogP contribution in [0.1, 0.15) is 41.4 Å². The fourth-order valence-corrected chi connectivity index (χ4v) is 4.58. The Kier molecular flexibility index (Phi) is 4.71. The number of nitrogens with zero attached hydrogens (tertiary/aromatic N) is 3. The van der Waals surface area contributed by atoms with Gasteiger partial charge in [-0.2, -0.15) is 0 Å². The topological polar surface area (TPSA) is 31.4 Å². The standard InChI is InChI=1S/C15H26N4S/c1-3-4-13(19-9-6-16-7-10-19)15-17-12-5-8-18(2)11-14(12)20-15/h13,16H,3-11H2,1-2H3. The average Bonchev–Trinajstić information content (AvgIpc) is 2.88. The molecule has 1 unspecified atom stereocenters. The molecular weight excluding hydrogens is 268 g/mol. The van der Waals surface area contributed by atoms with Gasteiger partial charge in [-0.15, -0.1) is 11.3 Å². The van der Waals surface area contributed by atoms with E-state index in [-0.39, 0.29) is 0 Å². The van der Waals surface area contributed by atoms with Gasteiger partial charge in [0.1, 0.15) is 5.01 Å². The number of thiazole rings is 1. The molecule has 0 amide bonds. The first kappa shape index (κ1) is 14.4. The Morgan fingerprint density at radius 2 is 2.10 bits per heavy atom. The second-order valence-corrected chi connectivity index (χ2v) is 7.12. The number of nitrogens with one attached hydrogen (secondary N) is 1. The fourth-order valence-electron chi connectivity index (χ4n) is 3.22. The van der Waals surface area contributed by atoms with Gasteiger partial charge in [0.05, 0.1) is 11.7 Å². The summed E-state index contributed by atoms with van der Waals surface area (Å²) in [6, 6.07) is 0.544. The summed E-state index contributed by atoms with van der Waals surface area (Å²) in [5, 5.41) is 4.82. The molecule has 20 heavy (non-hydrogen) atoms. The van der Waals surface area contributed by atoms with Crippen molar-refractivity contribution in [2.75, 3.05) is 39.8 Å². The van der Waals surface area contributed by atoms with Crippen molar-refractivity contribution in [2.45, 2.75) is 38.8 Å². The highest BCUT2D eigenvalue weighted by Crippen LogP contribution is 2.33. The molecule has 3 rings (SSSR count). The van der Waals surface area contributed by atoms with E-state index in [2.05, 4.69) is 29.1 Å². The lowest BCUT2D eigenvalue weighted by Crippen LogP contribution is -2.45. The molecule has 0 aromatic carbocycles. The molecule has 3 heterocycles. The Hall–Kier alpha value is -0.490. The minimum atomic E-state index is 0.544. The number of piperazine rings is 1. The molecule has 1 aromatic rings. The Morgan fingerprint density at radius 1 is 1.30 bits per heavy atom. The Bertz CT molecular complexity index is 439. The molecule has 5 heteroatoms. The largest absolute Gasteiger partial charge is 0.314 e. The molecule has 1 aromatic heterocycles. The number of likely N-dealkylation sites (N-methyl/N-ethyl adjacent to an activating group) is 1. The zero-order valence-electron chi connectivity index (χ0n) is 12.7. The highest BCUT2D eigenvalue weighted by Gasteiger charge is 2.27. The van der Waals surface area contributed by atoms with E-state index in [1.807, 2.05) is 11.3 Å². The van der Waals surface area contributed by atoms with Crippen LogP contribution in [-0.2, 0) is 13.0 Å². The highest BCUT2D eigenvalue weighted by molar-refractivity contribution is 7.11. The van der Waals surface area contributed by atoms with Crippen LogP contribution in [0, 0.1) is 0 Å². The lowest BCUT2D eigenvalue weighted by molar-refractivity contribution is 0.164. The molecule has 1 N–H and O–H groups in total. The number of hydrogen-bond acceptors (Lipinski definition) is 5. The smallest absolute Gasteiger partial charge is 0.110 e. The molecule has 0 spiro atoms. The molecule has 0 saturated carbocycles. The van der Waals surface area contributed by atoms with Crippen LogP contribution in [0.15, 0.2) is 0 Å². The van der Waals surface area contributed by atoms with E-state index in [1.54, 1.807) is 0 Å². The van der Waals surface area contributed by atoms with Crippen molar-refractivity contribution in [3.05, 3.63) is 15.6 Å². The van der Waals surface area contributed by atoms with Gasteiger partial charge in [0.25, 0.3) is 0 Å². The van der Waals surface area contributed by atoms with Crippen LogP contribution < -0.4 is 5.32 Å². The number of hydrogen-bond donors (Lipinski definition) is 1. The summed E-state index contributed by atoms with van der Waals surface area (Å²) in [5.74, 6) is 0. The normalized spacial score (nSPS) is 22.7. The van der Waals surface area contributed by atoms with Crippen molar-refractivity contribution in [1.82, 2.24) is 20.1 Å².